The Kier molecular flexibility index (Phi) is 3.90. The first kappa shape index (κ1) is 13.4. The van der Waals surface area contributed by atoms with Crippen molar-refractivity contribution < 1.29 is 9.53 Å². The van der Waals surface area contributed by atoms with Crippen LogP contribution in [0.15, 0.2) is 36.4 Å². The van der Waals surface area contributed by atoms with Crippen LogP contribution in [0.2, 0.25) is 0 Å². The molecule has 1 fully saturated rings. The maximum Gasteiger partial charge on any atom is 0.330 e. The molecule has 0 unspecified atom stereocenters. The van der Waals surface area contributed by atoms with Crippen LogP contribution in [-0.4, -0.2) is 12.6 Å². The van der Waals surface area contributed by atoms with Gasteiger partial charge in [0, 0.05) is 6.08 Å². The molecule has 0 N–H and O–H groups in total. The second-order valence-corrected chi connectivity index (χ2v) is 5.95. The average molecular weight is 270 g/mol. The third-order valence-corrected chi connectivity index (χ3v) is 4.67. The van der Waals surface area contributed by atoms with Crippen LogP contribution in [0, 0.1) is 5.92 Å². The van der Waals surface area contributed by atoms with Gasteiger partial charge in [0.15, 0.2) is 0 Å². The van der Waals surface area contributed by atoms with Crippen molar-refractivity contribution in [2.45, 2.75) is 44.4 Å². The van der Waals surface area contributed by atoms with Crippen LogP contribution in [0.4, 0.5) is 0 Å². The van der Waals surface area contributed by atoms with Crippen LogP contribution in [-0.2, 0) is 9.53 Å². The molecular weight excluding hydrogens is 248 g/mol. The Labute approximate surface area is 120 Å². The predicted octanol–water partition coefficient (Wildman–Crippen LogP) is 4.18. The largest absolute Gasteiger partial charge is 0.463 e. The van der Waals surface area contributed by atoms with Gasteiger partial charge in [0.1, 0.15) is 0 Å². The highest BCUT2D eigenvalue weighted by molar-refractivity contribution is 5.82. The van der Waals surface area contributed by atoms with Crippen LogP contribution >= 0.6 is 0 Å². The van der Waals surface area contributed by atoms with Crippen molar-refractivity contribution in [3.05, 3.63) is 47.5 Å². The SMILES string of the molecule is CCCCOC(=O)/C=C/[C@H]1C[C@H]2C[C@@H]1c1ccccc12. The Morgan fingerprint density at radius 3 is 2.90 bits per heavy atom. The number of hydrogen-bond donors (Lipinski definition) is 0. The Hall–Kier alpha value is -1.57. The van der Waals surface area contributed by atoms with Crippen LogP contribution in [0.25, 0.3) is 0 Å². The number of hydrogen-bond acceptors (Lipinski definition) is 2. The minimum Gasteiger partial charge on any atom is -0.463 e. The van der Waals surface area contributed by atoms with Crippen molar-refractivity contribution in [2.75, 3.05) is 6.61 Å². The van der Waals surface area contributed by atoms with Crippen molar-refractivity contribution in [2.24, 2.45) is 5.92 Å². The van der Waals surface area contributed by atoms with Crippen molar-refractivity contribution in [3.63, 3.8) is 0 Å². The van der Waals surface area contributed by atoms with Gasteiger partial charge in [0.25, 0.3) is 0 Å². The molecule has 20 heavy (non-hydrogen) atoms. The van der Waals surface area contributed by atoms with E-state index in [4.69, 9.17) is 4.74 Å². The molecule has 1 aromatic carbocycles. The number of benzene rings is 1. The molecule has 0 saturated heterocycles. The van der Waals surface area contributed by atoms with E-state index in [0.29, 0.717) is 24.4 Å². The molecule has 0 amide bonds. The van der Waals surface area contributed by atoms with E-state index in [1.54, 1.807) is 6.08 Å². The van der Waals surface area contributed by atoms with E-state index in [0.717, 1.165) is 12.8 Å². The zero-order valence-electron chi connectivity index (χ0n) is 12.0. The molecule has 2 heteroatoms. The number of unbranched alkanes of at least 4 members (excludes halogenated alkanes) is 1. The van der Waals surface area contributed by atoms with Crippen LogP contribution in [0.1, 0.15) is 55.6 Å². The zero-order chi connectivity index (χ0) is 13.9. The molecule has 2 bridgehead atoms. The average Bonchev–Trinajstić information content (AvgIpc) is 3.04. The van der Waals surface area contributed by atoms with E-state index >= 15 is 0 Å². The van der Waals surface area contributed by atoms with Gasteiger partial charge in [-0.3, -0.25) is 0 Å². The van der Waals surface area contributed by atoms with Gasteiger partial charge in [-0.15, -0.1) is 0 Å². The highest BCUT2D eigenvalue weighted by Gasteiger charge is 2.42. The molecule has 0 aliphatic heterocycles. The number of allylic oxidation sites excluding steroid dienone is 1. The lowest BCUT2D eigenvalue weighted by molar-refractivity contribution is -0.137. The normalized spacial score (nSPS) is 26.9. The van der Waals surface area contributed by atoms with Crippen molar-refractivity contribution in [1.29, 1.82) is 0 Å². The van der Waals surface area contributed by atoms with E-state index < -0.39 is 0 Å². The summed E-state index contributed by atoms with van der Waals surface area (Å²) in [4.78, 5) is 11.6. The highest BCUT2D eigenvalue weighted by Crippen LogP contribution is 2.56. The summed E-state index contributed by atoms with van der Waals surface area (Å²) >= 11 is 0. The van der Waals surface area contributed by atoms with Crippen LogP contribution in [0.3, 0.4) is 0 Å². The Morgan fingerprint density at radius 2 is 2.10 bits per heavy atom. The topological polar surface area (TPSA) is 26.3 Å². The second-order valence-electron chi connectivity index (χ2n) is 5.95. The van der Waals surface area contributed by atoms with E-state index in [1.165, 1.54) is 24.0 Å². The van der Waals surface area contributed by atoms with Gasteiger partial charge in [0.05, 0.1) is 6.61 Å². The van der Waals surface area contributed by atoms with Gasteiger partial charge in [-0.2, -0.15) is 0 Å². The molecule has 1 saturated carbocycles. The molecule has 0 spiro atoms. The maximum absolute atomic E-state index is 11.6. The fourth-order valence-electron chi connectivity index (χ4n) is 3.68. The summed E-state index contributed by atoms with van der Waals surface area (Å²) < 4.78 is 5.17. The van der Waals surface area contributed by atoms with Crippen LogP contribution in [0.5, 0.6) is 0 Å². The first-order chi connectivity index (χ1) is 9.79. The van der Waals surface area contributed by atoms with Crippen LogP contribution < -0.4 is 0 Å². The Bertz CT molecular complexity index is 518. The molecule has 0 heterocycles. The monoisotopic (exact) mass is 270 g/mol. The van der Waals surface area contributed by atoms with Crippen molar-refractivity contribution >= 4 is 5.97 Å². The lowest BCUT2D eigenvalue weighted by atomic mass is 9.83. The Balaban J connectivity index is 1.60. The molecule has 3 atom stereocenters. The van der Waals surface area contributed by atoms with Crippen molar-refractivity contribution in [3.8, 4) is 0 Å². The molecule has 2 aliphatic rings. The van der Waals surface area contributed by atoms with Gasteiger partial charge in [-0.05, 0) is 48.1 Å². The van der Waals surface area contributed by atoms with Gasteiger partial charge in [0.2, 0.25) is 0 Å². The summed E-state index contributed by atoms with van der Waals surface area (Å²) in [7, 11) is 0. The van der Waals surface area contributed by atoms with E-state index in [9.17, 15) is 4.79 Å². The van der Waals surface area contributed by atoms with E-state index in [1.807, 2.05) is 0 Å². The summed E-state index contributed by atoms with van der Waals surface area (Å²) in [5.74, 6) is 1.63. The number of carbonyl (C=O) groups is 1. The third-order valence-electron chi connectivity index (χ3n) is 4.67. The van der Waals surface area contributed by atoms with Gasteiger partial charge in [-0.25, -0.2) is 4.79 Å². The number of esters is 1. The first-order valence-electron chi connectivity index (χ1n) is 7.73. The fraction of sp³-hybridized carbons (Fsp3) is 0.500. The minimum absolute atomic E-state index is 0.186. The molecule has 1 aromatic rings. The first-order valence-corrected chi connectivity index (χ1v) is 7.73. The molecule has 0 radical (unpaired) electrons. The summed E-state index contributed by atoms with van der Waals surface area (Å²) in [6, 6.07) is 8.77. The van der Waals surface area contributed by atoms with E-state index in [-0.39, 0.29) is 5.97 Å². The quantitative estimate of drug-likeness (QED) is 0.456. The molecule has 2 aliphatic carbocycles. The Morgan fingerprint density at radius 1 is 1.30 bits per heavy atom. The highest BCUT2D eigenvalue weighted by atomic mass is 16.5. The lowest BCUT2D eigenvalue weighted by Crippen LogP contribution is -2.09. The lowest BCUT2D eigenvalue weighted by Gasteiger charge is -2.21. The van der Waals surface area contributed by atoms with E-state index in [2.05, 4.69) is 37.3 Å². The summed E-state index contributed by atoms with van der Waals surface area (Å²) in [6.07, 6.45) is 8.15. The molecule has 106 valence electrons. The number of fused-ring (bicyclic) bond motifs is 5. The van der Waals surface area contributed by atoms with Gasteiger partial charge >= 0.3 is 5.97 Å². The second kappa shape index (κ2) is 5.82. The molecule has 3 rings (SSSR count). The summed E-state index contributed by atoms with van der Waals surface area (Å²) in [5, 5.41) is 0. The molecule has 2 nitrogen and oxygen atoms in total. The van der Waals surface area contributed by atoms with Gasteiger partial charge < -0.3 is 4.74 Å². The minimum atomic E-state index is -0.186. The molecule has 0 aromatic heterocycles. The summed E-state index contributed by atoms with van der Waals surface area (Å²) in [5.41, 5.74) is 3.03. The third kappa shape index (κ3) is 2.52. The predicted molar refractivity (Wildman–Crippen MR) is 79.7 cm³/mol. The number of carbonyl (C=O) groups excluding carboxylic acids is 1. The maximum atomic E-state index is 11.6. The zero-order valence-corrected chi connectivity index (χ0v) is 12.0. The molecular formula is C18H22O2. The fourth-order valence-corrected chi connectivity index (χ4v) is 3.68. The number of ether oxygens (including phenoxy) is 1. The standard InChI is InChI=1S/C18H22O2/c1-2-3-10-20-18(19)9-8-13-11-14-12-17(13)16-7-5-4-6-15(14)16/h4-9,13-14,17H,2-3,10-12H2,1H3/b9-8+/t13-,14-,17-/m0/s1. The summed E-state index contributed by atoms with van der Waals surface area (Å²) in [6.45, 7) is 2.63. The van der Waals surface area contributed by atoms with Gasteiger partial charge in [-0.1, -0.05) is 43.7 Å². The number of rotatable bonds is 5. The smallest absolute Gasteiger partial charge is 0.330 e. The van der Waals surface area contributed by atoms with Crippen molar-refractivity contribution in [1.82, 2.24) is 0 Å².